The molecule has 0 radical (unpaired) electrons. The Bertz CT molecular complexity index is 299. The Hall–Kier alpha value is -0.260. The van der Waals surface area contributed by atoms with E-state index in [0.29, 0.717) is 5.25 Å². The van der Waals surface area contributed by atoms with Crippen molar-refractivity contribution in [3.05, 3.63) is 11.1 Å². The van der Waals surface area contributed by atoms with Crippen molar-refractivity contribution < 1.29 is 4.74 Å². The first-order valence-electron chi connectivity index (χ1n) is 5.26. The Morgan fingerprint density at radius 3 is 3.20 bits per heavy atom. The largest absolute Gasteiger partial charge is 0.379 e. The van der Waals surface area contributed by atoms with E-state index in [2.05, 4.69) is 17.2 Å². The van der Waals surface area contributed by atoms with E-state index >= 15 is 0 Å². The van der Waals surface area contributed by atoms with Crippen molar-refractivity contribution in [1.29, 1.82) is 0 Å². The summed E-state index contributed by atoms with van der Waals surface area (Å²) in [5.74, 6) is 1.07. The molecule has 2 heterocycles. The third kappa shape index (κ3) is 3.36. The van der Waals surface area contributed by atoms with E-state index in [1.165, 1.54) is 4.88 Å². The lowest BCUT2D eigenvalue weighted by Gasteiger charge is -2.24. The molecule has 5 heteroatoms. The van der Waals surface area contributed by atoms with Gasteiger partial charge in [-0.3, -0.25) is 0 Å². The molecule has 1 aromatic rings. The number of aromatic nitrogens is 1. The third-order valence-corrected chi connectivity index (χ3v) is 4.51. The number of thioether (sulfide) groups is 1. The van der Waals surface area contributed by atoms with Crippen LogP contribution in [0.5, 0.6) is 0 Å². The van der Waals surface area contributed by atoms with Crippen LogP contribution in [-0.2, 0) is 10.5 Å². The van der Waals surface area contributed by atoms with Crippen LogP contribution >= 0.6 is 23.1 Å². The number of rotatable bonds is 6. The number of thiazole rings is 1. The molecule has 1 saturated heterocycles. The molecule has 1 fully saturated rings. The second kappa shape index (κ2) is 5.72. The first-order valence-corrected chi connectivity index (χ1v) is 7.13. The molecule has 1 aliphatic rings. The van der Waals surface area contributed by atoms with E-state index in [-0.39, 0.29) is 0 Å². The fourth-order valence-electron chi connectivity index (χ4n) is 1.20. The summed E-state index contributed by atoms with van der Waals surface area (Å²) < 4.78 is 5.14. The molecule has 15 heavy (non-hydrogen) atoms. The standard InChI is InChI=1S/C10H16N2OS2/c1-2-3-11-10-12-4-8(15-10)7-14-9-5-13-6-9/h4,9H,2-3,5-7H2,1H3,(H,11,12). The maximum absolute atomic E-state index is 5.14. The minimum Gasteiger partial charge on any atom is -0.379 e. The highest BCUT2D eigenvalue weighted by atomic mass is 32.2. The molecule has 0 aromatic carbocycles. The molecule has 2 rings (SSSR count). The number of nitrogens with zero attached hydrogens (tertiary/aromatic N) is 1. The Kier molecular flexibility index (Phi) is 4.29. The van der Waals surface area contributed by atoms with E-state index in [1.807, 2.05) is 18.0 Å². The van der Waals surface area contributed by atoms with E-state index in [9.17, 15) is 0 Å². The zero-order valence-electron chi connectivity index (χ0n) is 8.86. The fraction of sp³-hybridized carbons (Fsp3) is 0.700. The zero-order valence-corrected chi connectivity index (χ0v) is 10.5. The van der Waals surface area contributed by atoms with Crippen LogP contribution in [-0.4, -0.2) is 30.0 Å². The normalized spacial score (nSPS) is 16.3. The minimum absolute atomic E-state index is 0.708. The number of hydrogen-bond donors (Lipinski definition) is 1. The maximum atomic E-state index is 5.14. The molecule has 0 amide bonds. The highest BCUT2D eigenvalue weighted by Crippen LogP contribution is 2.27. The fourth-order valence-corrected chi connectivity index (χ4v) is 3.13. The SMILES string of the molecule is CCCNc1ncc(CSC2COC2)s1. The Morgan fingerprint density at radius 2 is 2.53 bits per heavy atom. The molecule has 0 saturated carbocycles. The van der Waals surface area contributed by atoms with Crippen LogP contribution in [0.3, 0.4) is 0 Å². The van der Waals surface area contributed by atoms with Crippen molar-refractivity contribution in [2.24, 2.45) is 0 Å². The van der Waals surface area contributed by atoms with Crippen LogP contribution in [0.25, 0.3) is 0 Å². The van der Waals surface area contributed by atoms with Gasteiger partial charge in [0.2, 0.25) is 0 Å². The lowest BCUT2D eigenvalue weighted by atomic mass is 10.4. The summed E-state index contributed by atoms with van der Waals surface area (Å²) in [7, 11) is 0. The molecule has 84 valence electrons. The zero-order chi connectivity index (χ0) is 10.5. The maximum Gasteiger partial charge on any atom is 0.182 e. The van der Waals surface area contributed by atoms with Crippen molar-refractivity contribution in [2.75, 3.05) is 25.1 Å². The van der Waals surface area contributed by atoms with Crippen LogP contribution < -0.4 is 5.32 Å². The Balaban J connectivity index is 1.73. The monoisotopic (exact) mass is 244 g/mol. The van der Waals surface area contributed by atoms with Crippen molar-refractivity contribution in [3.8, 4) is 0 Å². The summed E-state index contributed by atoms with van der Waals surface area (Å²) in [6.07, 6.45) is 3.12. The van der Waals surface area contributed by atoms with Crippen LogP contribution in [0.1, 0.15) is 18.2 Å². The van der Waals surface area contributed by atoms with Crippen molar-refractivity contribution in [1.82, 2.24) is 4.98 Å². The second-order valence-electron chi connectivity index (χ2n) is 3.53. The predicted molar refractivity (Wildman–Crippen MR) is 66.8 cm³/mol. The lowest BCUT2D eigenvalue weighted by Crippen LogP contribution is -2.30. The van der Waals surface area contributed by atoms with E-state index in [4.69, 9.17) is 4.74 Å². The summed E-state index contributed by atoms with van der Waals surface area (Å²) in [6, 6.07) is 0. The van der Waals surface area contributed by atoms with E-state index in [0.717, 1.165) is 37.1 Å². The van der Waals surface area contributed by atoms with Crippen molar-refractivity contribution >= 4 is 28.2 Å². The van der Waals surface area contributed by atoms with Gasteiger partial charge in [-0.1, -0.05) is 6.92 Å². The summed E-state index contributed by atoms with van der Waals surface area (Å²) in [6.45, 7) is 5.01. The van der Waals surface area contributed by atoms with Gasteiger partial charge in [0.25, 0.3) is 0 Å². The van der Waals surface area contributed by atoms with E-state index < -0.39 is 0 Å². The molecule has 0 aliphatic carbocycles. The van der Waals surface area contributed by atoms with Crippen LogP contribution in [0.2, 0.25) is 0 Å². The molecular formula is C10H16N2OS2. The Morgan fingerprint density at radius 1 is 1.67 bits per heavy atom. The molecule has 1 N–H and O–H groups in total. The number of anilines is 1. The van der Waals surface area contributed by atoms with Gasteiger partial charge in [-0.15, -0.1) is 23.1 Å². The highest BCUT2D eigenvalue weighted by Gasteiger charge is 2.18. The second-order valence-corrected chi connectivity index (χ2v) is 5.93. The molecule has 1 aliphatic heterocycles. The number of hydrogen-bond acceptors (Lipinski definition) is 5. The molecule has 0 spiro atoms. The van der Waals surface area contributed by atoms with Crippen molar-refractivity contribution in [3.63, 3.8) is 0 Å². The van der Waals surface area contributed by atoms with Gasteiger partial charge in [0.1, 0.15) is 0 Å². The Labute approximate surface area is 98.6 Å². The lowest BCUT2D eigenvalue weighted by molar-refractivity contribution is 0.0455. The molecule has 0 bridgehead atoms. The average molecular weight is 244 g/mol. The van der Waals surface area contributed by atoms with Crippen molar-refractivity contribution in [2.45, 2.75) is 24.3 Å². The minimum atomic E-state index is 0.708. The molecule has 0 atom stereocenters. The van der Waals surface area contributed by atoms with Gasteiger partial charge in [-0.05, 0) is 6.42 Å². The van der Waals surface area contributed by atoms with Gasteiger partial charge in [0, 0.05) is 23.4 Å². The molecular weight excluding hydrogens is 228 g/mol. The summed E-state index contributed by atoms with van der Waals surface area (Å²) in [5.41, 5.74) is 0. The molecule has 1 aromatic heterocycles. The van der Waals surface area contributed by atoms with Gasteiger partial charge in [-0.25, -0.2) is 4.98 Å². The first-order chi connectivity index (χ1) is 7.38. The van der Waals surface area contributed by atoms with Gasteiger partial charge in [0.05, 0.1) is 18.5 Å². The average Bonchev–Trinajstić information content (AvgIpc) is 2.60. The van der Waals surface area contributed by atoms with Crippen LogP contribution in [0.4, 0.5) is 5.13 Å². The summed E-state index contributed by atoms with van der Waals surface area (Å²) in [5, 5.41) is 5.06. The topological polar surface area (TPSA) is 34.2 Å². The van der Waals surface area contributed by atoms with Crippen LogP contribution in [0, 0.1) is 0 Å². The summed E-state index contributed by atoms with van der Waals surface area (Å²) in [4.78, 5) is 5.69. The van der Waals surface area contributed by atoms with Gasteiger partial charge in [-0.2, -0.15) is 0 Å². The van der Waals surface area contributed by atoms with E-state index in [1.54, 1.807) is 11.3 Å². The van der Waals surface area contributed by atoms with Gasteiger partial charge in [0.15, 0.2) is 5.13 Å². The number of ether oxygens (including phenoxy) is 1. The van der Waals surface area contributed by atoms with Crippen LogP contribution in [0.15, 0.2) is 6.20 Å². The molecule has 0 unspecified atom stereocenters. The molecule has 3 nitrogen and oxygen atoms in total. The smallest absolute Gasteiger partial charge is 0.182 e. The summed E-state index contributed by atoms with van der Waals surface area (Å²) >= 11 is 3.74. The first kappa shape index (κ1) is 11.2. The third-order valence-electron chi connectivity index (χ3n) is 2.15. The van der Waals surface area contributed by atoms with Gasteiger partial charge < -0.3 is 10.1 Å². The number of nitrogens with one attached hydrogen (secondary N) is 1. The van der Waals surface area contributed by atoms with Gasteiger partial charge >= 0.3 is 0 Å². The highest BCUT2D eigenvalue weighted by molar-refractivity contribution is 7.99. The predicted octanol–water partition coefficient (Wildman–Crippen LogP) is 2.60. The quantitative estimate of drug-likeness (QED) is 0.834.